The van der Waals surface area contributed by atoms with Crippen LogP contribution in [0.2, 0.25) is 5.02 Å². The largest absolute Gasteiger partial charge is 0.324 e. The van der Waals surface area contributed by atoms with Gasteiger partial charge in [-0.1, -0.05) is 41.4 Å². The van der Waals surface area contributed by atoms with Gasteiger partial charge >= 0.3 is 0 Å². The van der Waals surface area contributed by atoms with E-state index in [1.54, 1.807) is 0 Å². The van der Waals surface area contributed by atoms with E-state index in [4.69, 9.17) is 11.6 Å². The lowest BCUT2D eigenvalue weighted by Crippen LogP contribution is -2.48. The van der Waals surface area contributed by atoms with Crippen molar-refractivity contribution in [2.75, 3.05) is 44.3 Å². The van der Waals surface area contributed by atoms with Crippen molar-refractivity contribution in [2.45, 2.75) is 18.4 Å². The molecule has 156 valence electrons. The van der Waals surface area contributed by atoms with Gasteiger partial charge in [0.15, 0.2) is 9.84 Å². The third kappa shape index (κ3) is 6.27. The summed E-state index contributed by atoms with van der Waals surface area (Å²) < 4.78 is 23.4. The second-order valence-electron chi connectivity index (χ2n) is 7.50. The molecule has 0 unspecified atom stereocenters. The molecular weight excluding hydrogens is 410 g/mol. The SMILES string of the molecule is Cc1cccc(CN2CCN(CC(=O)Nc3cc(S(C)(=O)=O)ccc3Cl)CC2)c1. The van der Waals surface area contributed by atoms with Crippen LogP contribution in [0.4, 0.5) is 5.69 Å². The van der Waals surface area contributed by atoms with Gasteiger partial charge in [-0.15, -0.1) is 0 Å². The first-order valence-corrected chi connectivity index (χ1v) is 11.8. The summed E-state index contributed by atoms with van der Waals surface area (Å²) in [6.45, 7) is 6.65. The van der Waals surface area contributed by atoms with Gasteiger partial charge in [0.25, 0.3) is 0 Å². The third-order valence-corrected chi connectivity index (χ3v) is 6.40. The Bertz CT molecular complexity index is 986. The Morgan fingerprint density at radius 3 is 2.41 bits per heavy atom. The fourth-order valence-corrected chi connectivity index (χ4v) is 4.21. The lowest BCUT2D eigenvalue weighted by Gasteiger charge is -2.34. The molecule has 2 aromatic rings. The average molecular weight is 436 g/mol. The summed E-state index contributed by atoms with van der Waals surface area (Å²) in [5.41, 5.74) is 2.88. The molecule has 0 radical (unpaired) electrons. The maximum absolute atomic E-state index is 12.4. The minimum atomic E-state index is -3.37. The zero-order valence-corrected chi connectivity index (χ0v) is 18.3. The second-order valence-corrected chi connectivity index (χ2v) is 9.93. The van der Waals surface area contributed by atoms with Crippen molar-refractivity contribution >= 4 is 33.0 Å². The van der Waals surface area contributed by atoms with Gasteiger partial charge < -0.3 is 5.32 Å². The summed E-state index contributed by atoms with van der Waals surface area (Å²) in [6, 6.07) is 12.8. The smallest absolute Gasteiger partial charge is 0.238 e. The zero-order valence-electron chi connectivity index (χ0n) is 16.7. The van der Waals surface area contributed by atoms with Gasteiger partial charge in [0.1, 0.15) is 0 Å². The standard InChI is InChI=1S/C21H26ClN3O3S/c1-16-4-3-5-17(12-16)14-24-8-10-25(11-9-24)15-21(26)23-20-13-18(29(2,27)28)6-7-19(20)22/h3-7,12-13H,8-11,14-15H2,1-2H3,(H,23,26). The first-order valence-electron chi connectivity index (χ1n) is 9.50. The number of amides is 1. The maximum atomic E-state index is 12.4. The van der Waals surface area contributed by atoms with Crippen LogP contribution in [0, 0.1) is 6.92 Å². The Hall–Kier alpha value is -1.93. The van der Waals surface area contributed by atoms with Crippen LogP contribution < -0.4 is 5.32 Å². The number of piperazine rings is 1. The van der Waals surface area contributed by atoms with Crippen molar-refractivity contribution in [3.05, 3.63) is 58.6 Å². The summed E-state index contributed by atoms with van der Waals surface area (Å²) in [6.07, 6.45) is 1.12. The molecule has 0 atom stereocenters. The first-order chi connectivity index (χ1) is 13.7. The molecule has 1 aliphatic rings. The van der Waals surface area contributed by atoms with Crippen LogP contribution in [-0.4, -0.2) is 63.1 Å². The van der Waals surface area contributed by atoms with E-state index in [0.29, 0.717) is 10.7 Å². The highest BCUT2D eigenvalue weighted by Crippen LogP contribution is 2.25. The first kappa shape index (κ1) is 21.8. The third-order valence-electron chi connectivity index (χ3n) is 4.96. The van der Waals surface area contributed by atoms with Crippen LogP contribution in [0.25, 0.3) is 0 Å². The number of carbonyl (C=O) groups is 1. The number of carbonyl (C=O) groups excluding carboxylic acids is 1. The van der Waals surface area contributed by atoms with Crippen LogP contribution in [0.5, 0.6) is 0 Å². The van der Waals surface area contributed by atoms with Gasteiger partial charge in [0, 0.05) is 39.0 Å². The Balaban J connectivity index is 1.51. The molecule has 0 aliphatic carbocycles. The zero-order chi connectivity index (χ0) is 21.0. The number of aryl methyl sites for hydroxylation is 1. The highest BCUT2D eigenvalue weighted by Gasteiger charge is 2.20. The molecule has 0 bridgehead atoms. The molecule has 1 amide bonds. The number of anilines is 1. The molecule has 0 aromatic heterocycles. The Labute approximate surface area is 177 Å². The fraction of sp³-hybridized carbons (Fsp3) is 0.381. The monoisotopic (exact) mass is 435 g/mol. The van der Waals surface area contributed by atoms with E-state index >= 15 is 0 Å². The summed E-state index contributed by atoms with van der Waals surface area (Å²) >= 11 is 6.11. The van der Waals surface area contributed by atoms with E-state index in [2.05, 4.69) is 46.3 Å². The van der Waals surface area contributed by atoms with E-state index in [9.17, 15) is 13.2 Å². The number of nitrogens with one attached hydrogen (secondary N) is 1. The Kier molecular flexibility index (Phi) is 6.95. The molecule has 1 aliphatic heterocycles. The predicted molar refractivity (Wildman–Crippen MR) is 116 cm³/mol. The van der Waals surface area contributed by atoms with Gasteiger partial charge in [-0.3, -0.25) is 14.6 Å². The number of hydrogen-bond acceptors (Lipinski definition) is 5. The molecule has 2 aromatic carbocycles. The average Bonchev–Trinajstić information content (AvgIpc) is 2.64. The molecule has 6 nitrogen and oxygen atoms in total. The van der Waals surface area contributed by atoms with Crippen molar-refractivity contribution in [1.82, 2.24) is 9.80 Å². The minimum absolute atomic E-state index is 0.127. The number of rotatable bonds is 6. The van der Waals surface area contributed by atoms with Crippen LogP contribution in [0.1, 0.15) is 11.1 Å². The van der Waals surface area contributed by atoms with E-state index in [1.165, 1.54) is 29.3 Å². The number of hydrogen-bond donors (Lipinski definition) is 1. The Morgan fingerprint density at radius 2 is 1.76 bits per heavy atom. The molecule has 29 heavy (non-hydrogen) atoms. The number of sulfone groups is 1. The van der Waals surface area contributed by atoms with Crippen molar-refractivity contribution in [1.29, 1.82) is 0 Å². The molecule has 3 rings (SSSR count). The van der Waals surface area contributed by atoms with Crippen LogP contribution in [-0.2, 0) is 21.2 Å². The quantitative estimate of drug-likeness (QED) is 0.755. The van der Waals surface area contributed by atoms with E-state index < -0.39 is 9.84 Å². The molecule has 1 saturated heterocycles. The molecule has 0 saturated carbocycles. The second kappa shape index (κ2) is 9.26. The van der Waals surface area contributed by atoms with Crippen molar-refractivity contribution in [2.24, 2.45) is 0 Å². The number of nitrogens with zero attached hydrogens (tertiary/aromatic N) is 2. The van der Waals surface area contributed by atoms with Crippen LogP contribution >= 0.6 is 11.6 Å². The van der Waals surface area contributed by atoms with Crippen molar-refractivity contribution < 1.29 is 13.2 Å². The maximum Gasteiger partial charge on any atom is 0.238 e. The molecule has 1 N–H and O–H groups in total. The van der Waals surface area contributed by atoms with Crippen molar-refractivity contribution in [3.8, 4) is 0 Å². The summed E-state index contributed by atoms with van der Waals surface area (Å²) in [5.74, 6) is -0.204. The normalized spacial score (nSPS) is 16.0. The van der Waals surface area contributed by atoms with Crippen LogP contribution in [0.3, 0.4) is 0 Å². The highest BCUT2D eigenvalue weighted by molar-refractivity contribution is 7.90. The van der Waals surface area contributed by atoms with Crippen LogP contribution in [0.15, 0.2) is 47.4 Å². The highest BCUT2D eigenvalue weighted by atomic mass is 35.5. The van der Waals surface area contributed by atoms with E-state index in [1.807, 2.05) is 0 Å². The molecule has 1 heterocycles. The number of halogens is 1. The van der Waals surface area contributed by atoms with Gasteiger partial charge in [0.2, 0.25) is 5.91 Å². The number of benzene rings is 2. The minimum Gasteiger partial charge on any atom is -0.324 e. The molecular formula is C21H26ClN3O3S. The van der Waals surface area contributed by atoms with Gasteiger partial charge in [-0.2, -0.15) is 0 Å². The molecule has 0 spiro atoms. The summed E-state index contributed by atoms with van der Waals surface area (Å²) in [7, 11) is -3.37. The summed E-state index contributed by atoms with van der Waals surface area (Å²) in [4.78, 5) is 17.0. The topological polar surface area (TPSA) is 69.7 Å². The van der Waals surface area contributed by atoms with E-state index in [-0.39, 0.29) is 17.3 Å². The van der Waals surface area contributed by atoms with E-state index in [0.717, 1.165) is 39.0 Å². The lowest BCUT2D eigenvalue weighted by molar-refractivity contribution is -0.117. The van der Waals surface area contributed by atoms with Gasteiger partial charge in [-0.05, 0) is 30.7 Å². The molecule has 8 heteroatoms. The van der Waals surface area contributed by atoms with Crippen molar-refractivity contribution in [3.63, 3.8) is 0 Å². The van der Waals surface area contributed by atoms with Gasteiger partial charge in [-0.25, -0.2) is 8.42 Å². The molecule has 1 fully saturated rings. The Morgan fingerprint density at radius 1 is 1.07 bits per heavy atom. The van der Waals surface area contributed by atoms with Gasteiger partial charge in [0.05, 0.1) is 22.2 Å². The summed E-state index contributed by atoms with van der Waals surface area (Å²) in [5, 5.41) is 3.05. The predicted octanol–water partition coefficient (Wildman–Crippen LogP) is 2.81. The lowest BCUT2D eigenvalue weighted by atomic mass is 10.1. The fourth-order valence-electron chi connectivity index (χ4n) is 3.40.